The molecule has 0 saturated carbocycles. The molecule has 2 heterocycles. The largest absolute Gasteiger partial charge is 0.444 e. The van der Waals surface area contributed by atoms with Crippen molar-refractivity contribution >= 4 is 23.5 Å². The van der Waals surface area contributed by atoms with Crippen molar-refractivity contribution in [3.05, 3.63) is 17.0 Å². The number of nitrogens with zero attached hydrogens (tertiary/aromatic N) is 4. The van der Waals surface area contributed by atoms with Crippen LogP contribution in [0.4, 0.5) is 10.6 Å². The summed E-state index contributed by atoms with van der Waals surface area (Å²) >= 11 is 5.96. The number of likely N-dealkylation sites (N-methyl/N-ethyl adjacent to an activating group) is 1. The van der Waals surface area contributed by atoms with E-state index >= 15 is 0 Å². The second-order valence-corrected chi connectivity index (χ2v) is 7.31. The Morgan fingerprint density at radius 3 is 2.74 bits per heavy atom. The summed E-state index contributed by atoms with van der Waals surface area (Å²) < 4.78 is 5.45. The number of aryl methyl sites for hydroxylation is 1. The first-order valence-electron chi connectivity index (χ1n) is 7.87. The first-order valence-corrected chi connectivity index (χ1v) is 8.25. The Hall–Kier alpha value is -1.56. The number of ether oxygens (including phenoxy) is 1. The van der Waals surface area contributed by atoms with E-state index in [1.165, 1.54) is 0 Å². The molecule has 128 valence electrons. The van der Waals surface area contributed by atoms with Gasteiger partial charge in [-0.1, -0.05) is 0 Å². The van der Waals surface area contributed by atoms with Crippen molar-refractivity contribution in [3.8, 4) is 0 Å². The summed E-state index contributed by atoms with van der Waals surface area (Å²) in [6.07, 6.45) is 1.64. The zero-order valence-electron chi connectivity index (χ0n) is 14.5. The smallest absolute Gasteiger partial charge is 0.410 e. The summed E-state index contributed by atoms with van der Waals surface area (Å²) in [4.78, 5) is 24.5. The summed E-state index contributed by atoms with van der Waals surface area (Å²) in [5, 5.41) is 0.252. The molecule has 0 unspecified atom stereocenters. The van der Waals surface area contributed by atoms with Crippen LogP contribution in [0, 0.1) is 6.92 Å². The van der Waals surface area contributed by atoms with Gasteiger partial charge in [-0.05, 0) is 52.1 Å². The van der Waals surface area contributed by atoms with Gasteiger partial charge in [-0.3, -0.25) is 0 Å². The van der Waals surface area contributed by atoms with Crippen molar-refractivity contribution in [2.75, 3.05) is 25.0 Å². The second kappa shape index (κ2) is 6.91. The summed E-state index contributed by atoms with van der Waals surface area (Å²) in [5.74, 6) is 0.810. The lowest BCUT2D eigenvalue weighted by Crippen LogP contribution is -2.50. The fraction of sp³-hybridized carbons (Fsp3) is 0.688. The van der Waals surface area contributed by atoms with E-state index in [1.54, 1.807) is 11.9 Å². The van der Waals surface area contributed by atoms with E-state index in [4.69, 9.17) is 16.3 Å². The van der Waals surface area contributed by atoms with Crippen LogP contribution in [0.5, 0.6) is 0 Å². The van der Waals surface area contributed by atoms with Crippen LogP contribution in [-0.2, 0) is 4.74 Å². The van der Waals surface area contributed by atoms with Gasteiger partial charge >= 0.3 is 6.09 Å². The van der Waals surface area contributed by atoms with Gasteiger partial charge in [0.1, 0.15) is 11.4 Å². The van der Waals surface area contributed by atoms with Gasteiger partial charge in [0, 0.05) is 31.9 Å². The minimum Gasteiger partial charge on any atom is -0.444 e. The Morgan fingerprint density at radius 2 is 2.13 bits per heavy atom. The Balaban J connectivity index is 2.07. The molecular formula is C16H25ClN4O2. The maximum absolute atomic E-state index is 12.2. The maximum atomic E-state index is 12.2. The topological polar surface area (TPSA) is 58.6 Å². The highest BCUT2D eigenvalue weighted by molar-refractivity contribution is 6.28. The highest BCUT2D eigenvalue weighted by atomic mass is 35.5. The predicted molar refractivity (Wildman–Crippen MR) is 91.0 cm³/mol. The number of aromatic nitrogens is 2. The molecule has 1 aliphatic heterocycles. The number of carbonyl (C=O) groups is 1. The molecule has 1 aliphatic rings. The van der Waals surface area contributed by atoms with Crippen molar-refractivity contribution in [2.45, 2.75) is 52.2 Å². The number of carbonyl (C=O) groups excluding carboxylic acids is 1. The summed E-state index contributed by atoms with van der Waals surface area (Å²) in [7, 11) is 1.79. The highest BCUT2D eigenvalue weighted by Crippen LogP contribution is 2.23. The fourth-order valence-electron chi connectivity index (χ4n) is 2.64. The van der Waals surface area contributed by atoms with Gasteiger partial charge in [0.15, 0.2) is 0 Å². The first kappa shape index (κ1) is 17.8. The maximum Gasteiger partial charge on any atom is 0.410 e. The zero-order valence-corrected chi connectivity index (χ0v) is 15.2. The van der Waals surface area contributed by atoms with Crippen molar-refractivity contribution in [1.29, 1.82) is 0 Å². The van der Waals surface area contributed by atoms with Gasteiger partial charge in [0.2, 0.25) is 5.28 Å². The molecule has 2 rings (SSSR count). The molecule has 0 bridgehead atoms. The first-order chi connectivity index (χ1) is 10.7. The van der Waals surface area contributed by atoms with Crippen LogP contribution in [-0.4, -0.2) is 52.7 Å². The normalized spacial score (nSPS) is 18.7. The van der Waals surface area contributed by atoms with E-state index in [9.17, 15) is 4.79 Å². The van der Waals surface area contributed by atoms with E-state index in [-0.39, 0.29) is 17.4 Å². The highest BCUT2D eigenvalue weighted by Gasteiger charge is 2.29. The molecule has 1 aromatic heterocycles. The monoisotopic (exact) mass is 340 g/mol. The Labute approximate surface area is 142 Å². The summed E-state index contributed by atoms with van der Waals surface area (Å²) in [6.45, 7) is 9.12. The minimum absolute atomic E-state index is 0.0904. The van der Waals surface area contributed by atoms with Gasteiger partial charge in [0.25, 0.3) is 0 Å². The molecule has 6 nitrogen and oxygen atoms in total. The molecule has 7 heteroatoms. The molecule has 0 spiro atoms. The molecule has 1 fully saturated rings. The van der Waals surface area contributed by atoms with Gasteiger partial charge < -0.3 is 14.5 Å². The molecule has 0 aliphatic carbocycles. The number of anilines is 1. The van der Waals surface area contributed by atoms with Crippen molar-refractivity contribution < 1.29 is 9.53 Å². The Kier molecular flexibility index (Phi) is 5.34. The molecule has 1 saturated heterocycles. The molecule has 0 radical (unpaired) electrons. The molecule has 0 N–H and O–H groups in total. The number of halogens is 1. The van der Waals surface area contributed by atoms with Gasteiger partial charge in [-0.2, -0.15) is 0 Å². The van der Waals surface area contributed by atoms with Crippen LogP contribution in [0.3, 0.4) is 0 Å². The quantitative estimate of drug-likeness (QED) is 0.773. The lowest BCUT2D eigenvalue weighted by Gasteiger charge is -2.38. The van der Waals surface area contributed by atoms with Crippen LogP contribution in [0.2, 0.25) is 5.28 Å². The molecule has 1 amide bonds. The number of piperidine rings is 1. The van der Waals surface area contributed by atoms with Crippen molar-refractivity contribution in [2.24, 2.45) is 0 Å². The van der Waals surface area contributed by atoms with Crippen LogP contribution in [0.15, 0.2) is 6.07 Å². The molecule has 1 atom stereocenters. The van der Waals surface area contributed by atoms with E-state index in [0.29, 0.717) is 6.54 Å². The van der Waals surface area contributed by atoms with E-state index in [0.717, 1.165) is 30.9 Å². The lowest BCUT2D eigenvalue weighted by atomic mass is 10.0. The Morgan fingerprint density at radius 1 is 1.43 bits per heavy atom. The summed E-state index contributed by atoms with van der Waals surface area (Å²) in [5.41, 5.74) is 0.347. The van der Waals surface area contributed by atoms with Crippen molar-refractivity contribution in [1.82, 2.24) is 14.9 Å². The van der Waals surface area contributed by atoms with Gasteiger partial charge in [0.05, 0.1) is 6.04 Å². The number of rotatable bonds is 2. The fourth-order valence-corrected chi connectivity index (χ4v) is 2.86. The number of amides is 1. The third-order valence-corrected chi connectivity index (χ3v) is 3.93. The Bertz CT molecular complexity index is 553. The van der Waals surface area contributed by atoms with E-state index in [1.807, 2.05) is 33.8 Å². The number of hydrogen-bond acceptors (Lipinski definition) is 5. The molecule has 23 heavy (non-hydrogen) atoms. The van der Waals surface area contributed by atoms with Crippen LogP contribution in [0.1, 0.15) is 39.3 Å². The van der Waals surface area contributed by atoms with E-state index < -0.39 is 5.60 Å². The lowest BCUT2D eigenvalue weighted by molar-refractivity contribution is 0.0209. The second-order valence-electron chi connectivity index (χ2n) is 6.97. The standard InChI is InChI=1S/C16H25ClN4O2/c1-11-9-13(19-14(17)18-11)21-8-6-7-12(10-21)20(5)15(22)23-16(2,3)4/h9,12H,6-8,10H2,1-5H3/t12-/m1/s1. The van der Waals surface area contributed by atoms with Gasteiger partial charge in [-0.25, -0.2) is 14.8 Å². The molecule has 0 aromatic carbocycles. The van der Waals surface area contributed by atoms with Crippen LogP contribution < -0.4 is 4.90 Å². The van der Waals surface area contributed by atoms with Crippen LogP contribution >= 0.6 is 11.6 Å². The van der Waals surface area contributed by atoms with Crippen molar-refractivity contribution in [3.63, 3.8) is 0 Å². The molecular weight excluding hydrogens is 316 g/mol. The third kappa shape index (κ3) is 4.96. The average Bonchev–Trinajstić information content (AvgIpc) is 2.44. The van der Waals surface area contributed by atoms with E-state index in [2.05, 4.69) is 14.9 Å². The molecule has 1 aromatic rings. The van der Waals surface area contributed by atoms with Gasteiger partial charge in [-0.15, -0.1) is 0 Å². The zero-order chi connectivity index (χ0) is 17.2. The summed E-state index contributed by atoms with van der Waals surface area (Å²) in [6, 6.07) is 2.01. The SMILES string of the molecule is Cc1cc(N2CCC[C@@H](N(C)C(=O)OC(C)(C)C)C2)nc(Cl)n1. The predicted octanol–water partition coefficient (Wildman–Crippen LogP) is 3.27. The minimum atomic E-state index is -0.489. The van der Waals surface area contributed by atoms with Crippen LogP contribution in [0.25, 0.3) is 0 Å². The average molecular weight is 341 g/mol. The number of hydrogen-bond donors (Lipinski definition) is 0. The third-order valence-electron chi connectivity index (χ3n) is 3.76.